The second kappa shape index (κ2) is 3.47. The van der Waals surface area contributed by atoms with Crippen molar-refractivity contribution < 1.29 is 4.39 Å². The summed E-state index contributed by atoms with van der Waals surface area (Å²) in [6, 6.07) is 3.18. The highest BCUT2D eigenvalue weighted by molar-refractivity contribution is 9.10. The Morgan fingerprint density at radius 1 is 1.57 bits per heavy atom. The molecule has 0 saturated heterocycles. The van der Waals surface area contributed by atoms with Crippen LogP contribution in [0.25, 0.3) is 11.0 Å². The van der Waals surface area contributed by atoms with Crippen LogP contribution >= 0.6 is 28.1 Å². The molecule has 0 atom stereocenters. The quantitative estimate of drug-likeness (QED) is 0.788. The highest BCUT2D eigenvalue weighted by atomic mass is 79.9. The van der Waals surface area contributed by atoms with E-state index in [9.17, 15) is 4.39 Å². The van der Waals surface area contributed by atoms with Crippen molar-refractivity contribution in [3.05, 3.63) is 27.2 Å². The SMILES string of the molecule is CCn1c(=S)[nH]c2cc(Br)c(F)cc21. The molecule has 2 nitrogen and oxygen atoms in total. The minimum Gasteiger partial charge on any atom is -0.331 e. The molecule has 1 N–H and O–H groups in total. The molecular weight excluding hydrogens is 267 g/mol. The average Bonchev–Trinajstić information content (AvgIpc) is 2.42. The molecule has 0 aliphatic heterocycles. The first kappa shape index (κ1) is 9.86. The van der Waals surface area contributed by atoms with Crippen molar-refractivity contribution in [2.24, 2.45) is 0 Å². The van der Waals surface area contributed by atoms with E-state index in [2.05, 4.69) is 20.9 Å². The van der Waals surface area contributed by atoms with E-state index in [0.29, 0.717) is 9.24 Å². The molecule has 1 aromatic carbocycles. The van der Waals surface area contributed by atoms with Crippen LogP contribution in [0.2, 0.25) is 0 Å². The van der Waals surface area contributed by atoms with Gasteiger partial charge in [0.25, 0.3) is 0 Å². The Balaban J connectivity index is 2.89. The number of nitrogens with one attached hydrogen (secondary N) is 1. The number of benzene rings is 1. The van der Waals surface area contributed by atoms with E-state index in [1.165, 1.54) is 6.07 Å². The van der Waals surface area contributed by atoms with Crippen LogP contribution in [0.3, 0.4) is 0 Å². The van der Waals surface area contributed by atoms with E-state index in [1.54, 1.807) is 6.07 Å². The van der Waals surface area contributed by atoms with Gasteiger partial charge in [-0.1, -0.05) is 0 Å². The summed E-state index contributed by atoms with van der Waals surface area (Å²) < 4.78 is 16.2. The summed E-state index contributed by atoms with van der Waals surface area (Å²) in [5.74, 6) is -0.270. The first-order valence-electron chi connectivity index (χ1n) is 4.21. The second-order valence-electron chi connectivity index (χ2n) is 2.96. The van der Waals surface area contributed by atoms with E-state index >= 15 is 0 Å². The van der Waals surface area contributed by atoms with Gasteiger partial charge in [-0.3, -0.25) is 0 Å². The molecule has 2 aromatic rings. The number of H-pyrrole nitrogens is 1. The Hall–Kier alpha value is -0.680. The number of aryl methyl sites for hydroxylation is 1. The van der Waals surface area contributed by atoms with Gasteiger partial charge in [-0.05, 0) is 41.1 Å². The lowest BCUT2D eigenvalue weighted by Crippen LogP contribution is -1.93. The third kappa shape index (κ3) is 1.40. The summed E-state index contributed by atoms with van der Waals surface area (Å²) in [5.41, 5.74) is 1.66. The first-order valence-corrected chi connectivity index (χ1v) is 5.41. The lowest BCUT2D eigenvalue weighted by Gasteiger charge is -1.99. The lowest BCUT2D eigenvalue weighted by atomic mass is 10.3. The number of fused-ring (bicyclic) bond motifs is 1. The van der Waals surface area contributed by atoms with Crippen molar-refractivity contribution in [2.45, 2.75) is 13.5 Å². The van der Waals surface area contributed by atoms with Crippen LogP contribution in [0.1, 0.15) is 6.92 Å². The Morgan fingerprint density at radius 2 is 2.29 bits per heavy atom. The van der Waals surface area contributed by atoms with Crippen LogP contribution in [-0.2, 0) is 6.54 Å². The van der Waals surface area contributed by atoms with E-state index in [4.69, 9.17) is 12.2 Å². The Morgan fingerprint density at radius 3 is 2.93 bits per heavy atom. The molecule has 0 radical (unpaired) electrons. The average molecular weight is 275 g/mol. The Bertz CT molecular complexity index is 543. The van der Waals surface area contributed by atoms with Gasteiger partial charge in [-0.2, -0.15) is 0 Å². The summed E-state index contributed by atoms with van der Waals surface area (Å²) in [4.78, 5) is 3.03. The number of imidazole rings is 1. The summed E-state index contributed by atoms with van der Waals surface area (Å²) in [6.07, 6.45) is 0. The number of nitrogens with zero attached hydrogens (tertiary/aromatic N) is 1. The minimum absolute atomic E-state index is 0.270. The van der Waals surface area contributed by atoms with Gasteiger partial charge < -0.3 is 9.55 Å². The molecule has 1 aromatic heterocycles. The zero-order valence-corrected chi connectivity index (χ0v) is 9.88. The molecule has 5 heteroatoms. The van der Waals surface area contributed by atoms with Gasteiger partial charge in [0, 0.05) is 12.6 Å². The molecule has 0 fully saturated rings. The van der Waals surface area contributed by atoms with Crippen LogP contribution in [0.5, 0.6) is 0 Å². The number of rotatable bonds is 1. The molecule has 0 unspecified atom stereocenters. The standard InChI is InChI=1S/C9H8BrFN2S/c1-2-13-8-4-6(11)5(10)3-7(8)12-9(13)14/h3-4H,2H2,1H3,(H,12,14). The molecular formula is C9H8BrFN2S. The van der Waals surface area contributed by atoms with Crippen LogP contribution in [0.15, 0.2) is 16.6 Å². The fourth-order valence-electron chi connectivity index (χ4n) is 1.47. The maximum absolute atomic E-state index is 13.3. The molecule has 1 heterocycles. The number of halogens is 2. The first-order chi connectivity index (χ1) is 6.63. The zero-order valence-electron chi connectivity index (χ0n) is 7.47. The topological polar surface area (TPSA) is 20.7 Å². The molecule has 2 rings (SSSR count). The van der Waals surface area contributed by atoms with Crippen molar-refractivity contribution in [2.75, 3.05) is 0 Å². The third-order valence-electron chi connectivity index (χ3n) is 2.13. The molecule has 74 valence electrons. The normalized spacial score (nSPS) is 11.1. The van der Waals surface area contributed by atoms with Crippen LogP contribution in [-0.4, -0.2) is 9.55 Å². The minimum atomic E-state index is -0.270. The molecule has 0 aliphatic rings. The van der Waals surface area contributed by atoms with Gasteiger partial charge in [0.2, 0.25) is 0 Å². The van der Waals surface area contributed by atoms with Crippen LogP contribution in [0, 0.1) is 10.6 Å². The zero-order chi connectivity index (χ0) is 10.3. The fourth-order valence-corrected chi connectivity index (χ4v) is 2.15. The number of hydrogen-bond donors (Lipinski definition) is 1. The van der Waals surface area contributed by atoms with Crippen molar-refractivity contribution in [1.29, 1.82) is 0 Å². The summed E-state index contributed by atoms with van der Waals surface area (Å²) >= 11 is 8.24. The number of aromatic amines is 1. The fraction of sp³-hybridized carbons (Fsp3) is 0.222. The van der Waals surface area contributed by atoms with Crippen molar-refractivity contribution in [1.82, 2.24) is 9.55 Å². The summed E-state index contributed by atoms with van der Waals surface area (Å²) in [7, 11) is 0. The Kier molecular flexibility index (Phi) is 2.45. The largest absolute Gasteiger partial charge is 0.331 e. The number of hydrogen-bond acceptors (Lipinski definition) is 1. The summed E-state index contributed by atoms with van der Waals surface area (Å²) in [5, 5.41) is 0. The lowest BCUT2D eigenvalue weighted by molar-refractivity contribution is 0.621. The predicted octanol–water partition coefficient (Wildman–Crippen LogP) is 3.62. The van der Waals surface area contributed by atoms with Gasteiger partial charge in [0.05, 0.1) is 15.5 Å². The maximum atomic E-state index is 13.3. The van der Waals surface area contributed by atoms with E-state index in [1.807, 2.05) is 11.5 Å². The van der Waals surface area contributed by atoms with E-state index < -0.39 is 0 Å². The molecule has 0 bridgehead atoms. The third-order valence-corrected chi connectivity index (χ3v) is 3.06. The van der Waals surface area contributed by atoms with E-state index in [-0.39, 0.29) is 5.82 Å². The van der Waals surface area contributed by atoms with E-state index in [0.717, 1.165) is 17.6 Å². The van der Waals surface area contributed by atoms with Gasteiger partial charge in [0.1, 0.15) is 5.82 Å². The Labute approximate surface area is 93.9 Å². The molecule has 0 amide bonds. The monoisotopic (exact) mass is 274 g/mol. The predicted molar refractivity (Wildman–Crippen MR) is 60.5 cm³/mol. The van der Waals surface area contributed by atoms with Gasteiger partial charge in [-0.25, -0.2) is 4.39 Å². The molecule has 0 spiro atoms. The van der Waals surface area contributed by atoms with Gasteiger partial charge >= 0.3 is 0 Å². The van der Waals surface area contributed by atoms with Gasteiger partial charge in [-0.15, -0.1) is 0 Å². The maximum Gasteiger partial charge on any atom is 0.178 e. The number of aromatic nitrogens is 2. The van der Waals surface area contributed by atoms with Crippen LogP contribution in [0.4, 0.5) is 4.39 Å². The van der Waals surface area contributed by atoms with Crippen molar-refractivity contribution >= 4 is 39.2 Å². The highest BCUT2D eigenvalue weighted by Gasteiger charge is 2.07. The van der Waals surface area contributed by atoms with Crippen molar-refractivity contribution in [3.63, 3.8) is 0 Å². The highest BCUT2D eigenvalue weighted by Crippen LogP contribution is 2.22. The van der Waals surface area contributed by atoms with Gasteiger partial charge in [0.15, 0.2) is 4.77 Å². The smallest absolute Gasteiger partial charge is 0.178 e. The van der Waals surface area contributed by atoms with Crippen LogP contribution < -0.4 is 0 Å². The molecule has 14 heavy (non-hydrogen) atoms. The second-order valence-corrected chi connectivity index (χ2v) is 4.20. The molecule has 0 saturated carbocycles. The van der Waals surface area contributed by atoms with Crippen molar-refractivity contribution in [3.8, 4) is 0 Å². The molecule has 0 aliphatic carbocycles. The summed E-state index contributed by atoms with van der Waals surface area (Å²) in [6.45, 7) is 2.71.